The SMILES string of the molecule is COc1ccc(CN2C(=S)NC(=NCc3ccccc3)C23CCCC3)cc1. The lowest BCUT2D eigenvalue weighted by molar-refractivity contribution is 0.263. The monoisotopic (exact) mass is 379 g/mol. The Balaban J connectivity index is 1.58. The van der Waals surface area contributed by atoms with Crippen LogP contribution in [0, 0.1) is 0 Å². The Labute approximate surface area is 166 Å². The highest BCUT2D eigenvalue weighted by Gasteiger charge is 2.50. The number of ether oxygens (including phenoxy) is 1. The van der Waals surface area contributed by atoms with Gasteiger partial charge in [0, 0.05) is 6.54 Å². The van der Waals surface area contributed by atoms with Gasteiger partial charge in [0.05, 0.1) is 13.7 Å². The summed E-state index contributed by atoms with van der Waals surface area (Å²) in [5, 5.41) is 4.22. The zero-order valence-corrected chi connectivity index (χ0v) is 16.5. The van der Waals surface area contributed by atoms with Gasteiger partial charge >= 0.3 is 0 Å². The lowest BCUT2D eigenvalue weighted by Gasteiger charge is -2.34. The molecule has 0 atom stereocenters. The molecule has 0 bridgehead atoms. The molecule has 140 valence electrons. The molecule has 1 heterocycles. The minimum absolute atomic E-state index is 0.0776. The standard InChI is InChI=1S/C22H25N3OS/c1-26-19-11-9-18(10-12-19)16-25-21(27)24-20(22(25)13-5-6-14-22)23-15-17-7-3-2-4-8-17/h2-4,7-12H,5-6,13-16H2,1H3,(H,23,24,27). The Morgan fingerprint density at radius 3 is 2.41 bits per heavy atom. The van der Waals surface area contributed by atoms with Gasteiger partial charge in [-0.2, -0.15) is 0 Å². The molecule has 1 aliphatic heterocycles. The zero-order chi connectivity index (χ0) is 18.7. The van der Waals surface area contributed by atoms with Gasteiger partial charge in [-0.05, 0) is 48.3 Å². The molecule has 0 radical (unpaired) electrons. The lowest BCUT2D eigenvalue weighted by Crippen LogP contribution is -2.47. The molecule has 0 unspecified atom stereocenters. The summed E-state index contributed by atoms with van der Waals surface area (Å²) in [5.74, 6) is 1.92. The maximum atomic E-state index is 5.71. The molecule has 1 aliphatic carbocycles. The first-order chi connectivity index (χ1) is 13.2. The van der Waals surface area contributed by atoms with Gasteiger partial charge in [-0.15, -0.1) is 0 Å². The molecule has 1 saturated carbocycles. The van der Waals surface area contributed by atoms with Crippen LogP contribution in [0.25, 0.3) is 0 Å². The number of aliphatic imine (C=N–C) groups is 1. The number of hydrogen-bond acceptors (Lipinski definition) is 3. The molecule has 0 amide bonds. The van der Waals surface area contributed by atoms with E-state index in [4.69, 9.17) is 21.9 Å². The first kappa shape index (κ1) is 18.0. The van der Waals surface area contributed by atoms with Crippen LogP contribution in [0.1, 0.15) is 36.8 Å². The van der Waals surface area contributed by atoms with Crippen LogP contribution in [0.4, 0.5) is 0 Å². The molecule has 1 saturated heterocycles. The molecule has 4 nitrogen and oxygen atoms in total. The molecule has 27 heavy (non-hydrogen) atoms. The Hall–Kier alpha value is -2.40. The number of nitrogens with zero attached hydrogens (tertiary/aromatic N) is 2. The average molecular weight is 380 g/mol. The third-order valence-electron chi connectivity index (χ3n) is 5.62. The number of amidine groups is 1. The fraction of sp³-hybridized carbons (Fsp3) is 0.364. The highest BCUT2D eigenvalue weighted by atomic mass is 32.1. The van der Waals surface area contributed by atoms with Crippen molar-refractivity contribution in [1.82, 2.24) is 10.2 Å². The summed E-state index contributed by atoms with van der Waals surface area (Å²) in [6, 6.07) is 18.6. The van der Waals surface area contributed by atoms with E-state index in [1.807, 2.05) is 18.2 Å². The van der Waals surface area contributed by atoms with Crippen molar-refractivity contribution >= 4 is 23.2 Å². The Morgan fingerprint density at radius 2 is 1.74 bits per heavy atom. The third-order valence-corrected chi connectivity index (χ3v) is 5.94. The summed E-state index contributed by atoms with van der Waals surface area (Å²) < 4.78 is 5.27. The zero-order valence-electron chi connectivity index (χ0n) is 15.6. The van der Waals surface area contributed by atoms with Crippen molar-refractivity contribution in [3.63, 3.8) is 0 Å². The van der Waals surface area contributed by atoms with Crippen LogP contribution < -0.4 is 10.1 Å². The molecule has 2 fully saturated rings. The topological polar surface area (TPSA) is 36.9 Å². The Kier molecular flexibility index (Phi) is 5.12. The van der Waals surface area contributed by atoms with Crippen molar-refractivity contribution in [2.75, 3.05) is 7.11 Å². The normalized spacial score (nSPS) is 19.7. The first-order valence-corrected chi connectivity index (χ1v) is 9.92. The first-order valence-electron chi connectivity index (χ1n) is 9.52. The number of benzene rings is 2. The molecule has 4 rings (SSSR count). The van der Waals surface area contributed by atoms with Gasteiger partial charge in [-0.25, -0.2) is 0 Å². The summed E-state index contributed by atoms with van der Waals surface area (Å²) in [6.45, 7) is 1.48. The van der Waals surface area contributed by atoms with Crippen molar-refractivity contribution in [1.29, 1.82) is 0 Å². The highest BCUT2D eigenvalue weighted by molar-refractivity contribution is 7.80. The van der Waals surface area contributed by atoms with Gasteiger partial charge in [0.25, 0.3) is 0 Å². The Bertz CT molecular complexity index is 826. The van der Waals surface area contributed by atoms with E-state index < -0.39 is 0 Å². The smallest absolute Gasteiger partial charge is 0.175 e. The van der Waals surface area contributed by atoms with Crippen molar-refractivity contribution in [2.24, 2.45) is 4.99 Å². The summed E-state index contributed by atoms with van der Waals surface area (Å²) in [6.07, 6.45) is 4.63. The number of nitrogens with one attached hydrogen (secondary N) is 1. The molecule has 2 aromatic carbocycles. The van der Waals surface area contributed by atoms with Gasteiger partial charge in [0.2, 0.25) is 0 Å². The van der Waals surface area contributed by atoms with Crippen molar-refractivity contribution < 1.29 is 4.74 Å². The molecule has 5 heteroatoms. The second-order valence-corrected chi connectivity index (χ2v) is 7.64. The van der Waals surface area contributed by atoms with E-state index >= 15 is 0 Å². The molecule has 1 spiro atoms. The van der Waals surface area contributed by atoms with E-state index in [-0.39, 0.29) is 5.54 Å². The van der Waals surface area contributed by atoms with Gasteiger partial charge < -0.3 is 15.0 Å². The maximum Gasteiger partial charge on any atom is 0.175 e. The van der Waals surface area contributed by atoms with E-state index in [0.29, 0.717) is 6.54 Å². The van der Waals surface area contributed by atoms with Gasteiger partial charge in [0.1, 0.15) is 17.1 Å². The van der Waals surface area contributed by atoms with Crippen molar-refractivity contribution in [3.05, 3.63) is 65.7 Å². The summed E-state index contributed by atoms with van der Waals surface area (Å²) >= 11 is 5.71. The fourth-order valence-electron chi connectivity index (χ4n) is 4.15. The number of methoxy groups -OCH3 is 1. The van der Waals surface area contributed by atoms with Crippen molar-refractivity contribution in [2.45, 2.75) is 44.3 Å². The largest absolute Gasteiger partial charge is 0.497 e. The van der Waals surface area contributed by atoms with Crippen LogP contribution >= 0.6 is 12.2 Å². The molecular formula is C22H25N3OS. The van der Waals surface area contributed by atoms with E-state index in [0.717, 1.165) is 36.1 Å². The quantitative estimate of drug-likeness (QED) is 0.786. The molecule has 1 N–H and O–H groups in total. The van der Waals surface area contributed by atoms with E-state index in [1.165, 1.54) is 24.0 Å². The summed E-state index contributed by atoms with van der Waals surface area (Å²) in [5.41, 5.74) is 2.38. The van der Waals surface area contributed by atoms with Crippen LogP contribution in [-0.2, 0) is 13.1 Å². The third kappa shape index (κ3) is 3.56. The van der Waals surface area contributed by atoms with Gasteiger partial charge in [0.15, 0.2) is 5.11 Å². The number of hydrogen-bond donors (Lipinski definition) is 1. The van der Waals surface area contributed by atoms with E-state index in [9.17, 15) is 0 Å². The Morgan fingerprint density at radius 1 is 1.04 bits per heavy atom. The van der Waals surface area contributed by atoms with Crippen LogP contribution in [0.2, 0.25) is 0 Å². The predicted octanol–water partition coefficient (Wildman–Crippen LogP) is 4.30. The average Bonchev–Trinajstić information content (AvgIpc) is 3.29. The highest BCUT2D eigenvalue weighted by Crippen LogP contribution is 2.40. The van der Waals surface area contributed by atoms with Crippen LogP contribution in [0.3, 0.4) is 0 Å². The molecule has 2 aromatic rings. The second kappa shape index (κ2) is 7.69. The van der Waals surface area contributed by atoms with Crippen LogP contribution in [-0.4, -0.2) is 28.5 Å². The predicted molar refractivity (Wildman–Crippen MR) is 113 cm³/mol. The van der Waals surface area contributed by atoms with Crippen LogP contribution in [0.15, 0.2) is 59.6 Å². The molecule has 0 aromatic heterocycles. The van der Waals surface area contributed by atoms with Gasteiger partial charge in [-0.3, -0.25) is 4.99 Å². The van der Waals surface area contributed by atoms with Crippen molar-refractivity contribution in [3.8, 4) is 5.75 Å². The number of rotatable bonds is 5. The molecule has 2 aliphatic rings. The molecular weight excluding hydrogens is 354 g/mol. The van der Waals surface area contributed by atoms with Gasteiger partial charge in [-0.1, -0.05) is 55.3 Å². The fourth-order valence-corrected chi connectivity index (χ4v) is 4.49. The number of thiocarbonyl (C=S) groups is 1. The van der Waals surface area contributed by atoms with E-state index in [1.54, 1.807) is 7.11 Å². The van der Waals surface area contributed by atoms with Crippen LogP contribution in [0.5, 0.6) is 5.75 Å². The minimum Gasteiger partial charge on any atom is -0.497 e. The second-order valence-electron chi connectivity index (χ2n) is 7.25. The maximum absolute atomic E-state index is 5.71. The van der Waals surface area contributed by atoms with E-state index in [2.05, 4.69) is 46.6 Å². The minimum atomic E-state index is -0.0776. The summed E-state index contributed by atoms with van der Waals surface area (Å²) in [7, 11) is 1.69. The summed E-state index contributed by atoms with van der Waals surface area (Å²) in [4.78, 5) is 7.30. The lowest BCUT2D eigenvalue weighted by atomic mass is 9.94.